The average molecular weight is 237 g/mol. The second-order valence-corrected chi connectivity index (χ2v) is 4.72. The normalized spacial score (nSPS) is 19.4. The van der Waals surface area contributed by atoms with Gasteiger partial charge in [-0.2, -0.15) is 0 Å². The zero-order valence-corrected chi connectivity index (χ0v) is 10.1. The Bertz CT molecular complexity index is 465. The Balaban J connectivity index is 2.15. The van der Waals surface area contributed by atoms with Gasteiger partial charge in [-0.1, -0.05) is 5.21 Å². The molecule has 2 heterocycles. The van der Waals surface area contributed by atoms with Crippen molar-refractivity contribution in [3.05, 3.63) is 11.9 Å². The van der Waals surface area contributed by atoms with E-state index in [-0.39, 0.29) is 18.4 Å². The molecule has 1 aliphatic rings. The van der Waals surface area contributed by atoms with E-state index in [4.69, 9.17) is 0 Å². The smallest absolute Gasteiger partial charge is 0.248 e. The van der Waals surface area contributed by atoms with Crippen molar-refractivity contribution in [3.8, 4) is 0 Å². The van der Waals surface area contributed by atoms with Crippen LogP contribution in [-0.2, 0) is 23.2 Å². The highest BCUT2D eigenvalue weighted by molar-refractivity contribution is 5.97. The predicted octanol–water partition coefficient (Wildman–Crippen LogP) is -0.948. The highest BCUT2D eigenvalue weighted by atomic mass is 16.2. The monoisotopic (exact) mass is 237 g/mol. The van der Waals surface area contributed by atoms with Crippen LogP contribution in [0.4, 0.5) is 0 Å². The Kier molecular flexibility index (Phi) is 2.60. The van der Waals surface area contributed by atoms with Crippen LogP contribution in [0, 0.1) is 0 Å². The Morgan fingerprint density at radius 2 is 2.18 bits per heavy atom. The predicted molar refractivity (Wildman–Crippen MR) is 58.6 cm³/mol. The van der Waals surface area contributed by atoms with Crippen LogP contribution in [0.3, 0.4) is 0 Å². The number of rotatable bonds is 2. The maximum Gasteiger partial charge on any atom is 0.248 e. The van der Waals surface area contributed by atoms with Gasteiger partial charge in [0.1, 0.15) is 17.8 Å². The number of hydrogen-bond donors (Lipinski definition) is 1. The van der Waals surface area contributed by atoms with E-state index >= 15 is 0 Å². The first-order valence-electron chi connectivity index (χ1n) is 5.34. The largest absolute Gasteiger partial charge is 0.341 e. The number of amides is 2. The van der Waals surface area contributed by atoms with Gasteiger partial charge >= 0.3 is 0 Å². The molecule has 1 saturated heterocycles. The van der Waals surface area contributed by atoms with Crippen LogP contribution in [-0.4, -0.2) is 43.8 Å². The van der Waals surface area contributed by atoms with Crippen molar-refractivity contribution in [2.75, 3.05) is 6.54 Å². The zero-order chi connectivity index (χ0) is 12.6. The summed E-state index contributed by atoms with van der Waals surface area (Å²) in [5.41, 5.74) is -0.177. The number of nitrogens with zero attached hydrogens (tertiary/aromatic N) is 4. The van der Waals surface area contributed by atoms with Crippen LogP contribution in [0.1, 0.15) is 19.5 Å². The highest BCUT2D eigenvalue weighted by Gasteiger charge is 2.39. The molecule has 0 spiro atoms. The lowest BCUT2D eigenvalue weighted by atomic mass is 10.0. The SMILES string of the molecule is Cn1cc(CN2CC(=O)NC(C)(C)C2=O)nn1. The van der Waals surface area contributed by atoms with Gasteiger partial charge in [0.05, 0.1) is 6.54 Å². The molecule has 2 amide bonds. The topological polar surface area (TPSA) is 80.1 Å². The van der Waals surface area contributed by atoms with Crippen LogP contribution in [0.15, 0.2) is 6.20 Å². The van der Waals surface area contributed by atoms with E-state index in [9.17, 15) is 9.59 Å². The van der Waals surface area contributed by atoms with Crippen molar-refractivity contribution in [1.29, 1.82) is 0 Å². The molecule has 7 nitrogen and oxygen atoms in total. The molecule has 0 atom stereocenters. The second-order valence-electron chi connectivity index (χ2n) is 4.72. The van der Waals surface area contributed by atoms with Gasteiger partial charge in [-0.05, 0) is 13.8 Å². The number of carbonyl (C=O) groups is 2. The van der Waals surface area contributed by atoms with Crippen molar-refractivity contribution in [2.45, 2.75) is 25.9 Å². The second kappa shape index (κ2) is 3.83. The highest BCUT2D eigenvalue weighted by Crippen LogP contribution is 2.15. The van der Waals surface area contributed by atoms with Gasteiger partial charge in [-0.3, -0.25) is 14.3 Å². The molecule has 0 aliphatic carbocycles. The van der Waals surface area contributed by atoms with E-state index in [2.05, 4.69) is 15.6 Å². The molecule has 1 aromatic heterocycles. The molecular weight excluding hydrogens is 222 g/mol. The molecule has 17 heavy (non-hydrogen) atoms. The van der Waals surface area contributed by atoms with Crippen LogP contribution in [0.2, 0.25) is 0 Å². The van der Waals surface area contributed by atoms with E-state index in [0.29, 0.717) is 12.2 Å². The molecule has 0 aromatic carbocycles. The van der Waals surface area contributed by atoms with Gasteiger partial charge in [0, 0.05) is 13.2 Å². The molecule has 1 N–H and O–H groups in total. The van der Waals surface area contributed by atoms with E-state index in [1.54, 1.807) is 31.8 Å². The maximum absolute atomic E-state index is 12.1. The number of aromatic nitrogens is 3. The lowest BCUT2D eigenvalue weighted by Crippen LogP contribution is -2.63. The average Bonchev–Trinajstić information content (AvgIpc) is 2.59. The molecule has 1 fully saturated rings. The Hall–Kier alpha value is -1.92. The molecule has 0 bridgehead atoms. The van der Waals surface area contributed by atoms with Crippen molar-refractivity contribution in [1.82, 2.24) is 25.2 Å². The first kappa shape index (κ1) is 11.6. The fourth-order valence-electron chi connectivity index (χ4n) is 1.87. The minimum atomic E-state index is -0.850. The fourth-order valence-corrected chi connectivity index (χ4v) is 1.87. The summed E-state index contributed by atoms with van der Waals surface area (Å²) >= 11 is 0. The lowest BCUT2D eigenvalue weighted by molar-refractivity contribution is -0.149. The van der Waals surface area contributed by atoms with Crippen molar-refractivity contribution in [3.63, 3.8) is 0 Å². The van der Waals surface area contributed by atoms with Crippen LogP contribution < -0.4 is 5.32 Å². The molecule has 0 unspecified atom stereocenters. The zero-order valence-electron chi connectivity index (χ0n) is 10.1. The maximum atomic E-state index is 12.1. The number of carbonyl (C=O) groups excluding carboxylic acids is 2. The lowest BCUT2D eigenvalue weighted by Gasteiger charge is -2.36. The molecule has 92 valence electrons. The number of aryl methyl sites for hydroxylation is 1. The van der Waals surface area contributed by atoms with Crippen LogP contribution in [0.5, 0.6) is 0 Å². The van der Waals surface area contributed by atoms with E-state index in [1.807, 2.05) is 0 Å². The molecule has 1 aliphatic heterocycles. The summed E-state index contributed by atoms with van der Waals surface area (Å²) in [7, 11) is 1.76. The summed E-state index contributed by atoms with van der Waals surface area (Å²) in [6.07, 6.45) is 1.73. The summed E-state index contributed by atoms with van der Waals surface area (Å²) in [5, 5.41) is 10.4. The first-order chi connectivity index (χ1) is 7.88. The third-order valence-electron chi connectivity index (χ3n) is 2.61. The van der Waals surface area contributed by atoms with E-state index < -0.39 is 5.54 Å². The molecule has 7 heteroatoms. The van der Waals surface area contributed by atoms with Gasteiger partial charge in [0.25, 0.3) is 0 Å². The van der Waals surface area contributed by atoms with Gasteiger partial charge in [-0.25, -0.2) is 0 Å². The van der Waals surface area contributed by atoms with E-state index in [0.717, 1.165) is 0 Å². The van der Waals surface area contributed by atoms with Gasteiger partial charge < -0.3 is 10.2 Å². The molecule has 0 saturated carbocycles. The number of nitrogens with one attached hydrogen (secondary N) is 1. The summed E-state index contributed by atoms with van der Waals surface area (Å²) in [5.74, 6) is -0.263. The quantitative estimate of drug-likeness (QED) is 0.719. The number of hydrogen-bond acceptors (Lipinski definition) is 4. The third kappa shape index (κ3) is 2.27. The Morgan fingerprint density at radius 1 is 1.47 bits per heavy atom. The molecular formula is C10H15N5O2. The Labute approximate surface area is 98.8 Å². The Morgan fingerprint density at radius 3 is 2.76 bits per heavy atom. The van der Waals surface area contributed by atoms with Crippen LogP contribution in [0.25, 0.3) is 0 Å². The van der Waals surface area contributed by atoms with Crippen LogP contribution >= 0.6 is 0 Å². The molecule has 2 rings (SSSR count). The molecule has 1 aromatic rings. The summed E-state index contributed by atoms with van der Waals surface area (Å²) in [4.78, 5) is 25.0. The van der Waals surface area contributed by atoms with Crippen molar-refractivity contribution in [2.24, 2.45) is 7.05 Å². The van der Waals surface area contributed by atoms with Gasteiger partial charge in [-0.15, -0.1) is 5.10 Å². The third-order valence-corrected chi connectivity index (χ3v) is 2.61. The van der Waals surface area contributed by atoms with Gasteiger partial charge in [0.2, 0.25) is 11.8 Å². The summed E-state index contributed by atoms with van der Waals surface area (Å²) in [6, 6.07) is 0. The minimum absolute atomic E-state index is 0.0683. The van der Waals surface area contributed by atoms with E-state index in [1.165, 1.54) is 4.90 Å². The first-order valence-corrected chi connectivity index (χ1v) is 5.34. The number of piperazine rings is 1. The van der Waals surface area contributed by atoms with Gasteiger partial charge in [0.15, 0.2) is 0 Å². The summed E-state index contributed by atoms with van der Waals surface area (Å²) in [6.45, 7) is 3.76. The minimum Gasteiger partial charge on any atom is -0.341 e. The summed E-state index contributed by atoms with van der Waals surface area (Å²) < 4.78 is 1.56. The molecule has 0 radical (unpaired) electrons. The van der Waals surface area contributed by atoms with Crippen molar-refractivity contribution < 1.29 is 9.59 Å². The van der Waals surface area contributed by atoms with Crippen molar-refractivity contribution >= 4 is 11.8 Å². The fraction of sp³-hybridized carbons (Fsp3) is 0.600. The standard InChI is InChI=1S/C10H15N5O2/c1-10(2)9(17)15(6-8(16)11-10)5-7-4-14(3)13-12-7/h4H,5-6H2,1-3H3,(H,11,16).